The average molecular weight is 321 g/mol. The molecule has 17 heavy (non-hydrogen) atoms. The van der Waals surface area contributed by atoms with Crippen LogP contribution in [0.25, 0.3) is 0 Å². The molecular weight excluding hydrogens is 312 g/mol. The van der Waals surface area contributed by atoms with Crippen molar-refractivity contribution in [2.45, 2.75) is 12.8 Å². The van der Waals surface area contributed by atoms with Gasteiger partial charge in [0.2, 0.25) is 5.89 Å². The minimum atomic E-state index is -0.366. The standard InChI is InChI=1S/C10H8BrClFN3O/c1-5-2-6(11)7(13)3-8(5)14-10-16-15-9(4-12)17-10/h2-3H,4H2,1H3,(H,14,16). The highest BCUT2D eigenvalue weighted by molar-refractivity contribution is 9.10. The maximum atomic E-state index is 13.4. The first-order valence-electron chi connectivity index (χ1n) is 4.71. The Balaban J connectivity index is 2.26. The molecule has 7 heteroatoms. The van der Waals surface area contributed by atoms with Crippen LogP contribution in [0.3, 0.4) is 0 Å². The molecule has 0 aliphatic heterocycles. The topological polar surface area (TPSA) is 51.0 Å². The van der Waals surface area contributed by atoms with E-state index in [0.717, 1.165) is 5.56 Å². The van der Waals surface area contributed by atoms with Gasteiger partial charge in [0.15, 0.2) is 0 Å². The second-order valence-corrected chi connectivity index (χ2v) is 4.46. The molecule has 0 bridgehead atoms. The first-order valence-corrected chi connectivity index (χ1v) is 6.04. The van der Waals surface area contributed by atoms with E-state index in [4.69, 9.17) is 16.0 Å². The summed E-state index contributed by atoms with van der Waals surface area (Å²) in [4.78, 5) is 0. The zero-order valence-corrected chi connectivity index (χ0v) is 11.1. The van der Waals surface area contributed by atoms with E-state index in [9.17, 15) is 4.39 Å². The minimum absolute atomic E-state index is 0.141. The van der Waals surface area contributed by atoms with Crippen LogP contribution in [-0.4, -0.2) is 10.2 Å². The van der Waals surface area contributed by atoms with Crippen LogP contribution in [0.1, 0.15) is 11.5 Å². The Morgan fingerprint density at radius 1 is 1.47 bits per heavy atom. The van der Waals surface area contributed by atoms with Crippen LogP contribution >= 0.6 is 27.5 Å². The van der Waals surface area contributed by atoms with E-state index in [1.54, 1.807) is 6.07 Å². The number of halogens is 3. The van der Waals surface area contributed by atoms with Crippen molar-refractivity contribution in [2.75, 3.05) is 5.32 Å². The van der Waals surface area contributed by atoms with Gasteiger partial charge in [0.1, 0.15) is 11.7 Å². The van der Waals surface area contributed by atoms with Gasteiger partial charge >= 0.3 is 6.01 Å². The number of nitrogens with zero attached hydrogens (tertiary/aromatic N) is 2. The lowest BCUT2D eigenvalue weighted by Gasteiger charge is -2.06. The van der Waals surface area contributed by atoms with Gasteiger partial charge in [-0.2, -0.15) is 0 Å². The summed E-state index contributed by atoms with van der Waals surface area (Å²) >= 11 is 8.64. The number of hydrogen-bond acceptors (Lipinski definition) is 4. The lowest BCUT2D eigenvalue weighted by Crippen LogP contribution is -1.95. The van der Waals surface area contributed by atoms with Crippen molar-refractivity contribution >= 4 is 39.2 Å². The Bertz CT molecular complexity index is 546. The SMILES string of the molecule is Cc1cc(Br)c(F)cc1Nc1nnc(CCl)o1. The molecule has 0 fully saturated rings. The maximum absolute atomic E-state index is 13.4. The quantitative estimate of drug-likeness (QED) is 0.875. The van der Waals surface area contributed by atoms with Gasteiger partial charge in [0, 0.05) is 5.69 Å². The predicted molar refractivity (Wildman–Crippen MR) is 66.0 cm³/mol. The molecule has 1 N–H and O–H groups in total. The summed E-state index contributed by atoms with van der Waals surface area (Å²) in [6.07, 6.45) is 0. The molecule has 0 aliphatic rings. The number of anilines is 2. The normalized spacial score (nSPS) is 10.6. The summed E-state index contributed by atoms with van der Waals surface area (Å²) in [5, 5.41) is 10.3. The summed E-state index contributed by atoms with van der Waals surface area (Å²) in [7, 11) is 0. The van der Waals surface area contributed by atoms with Crippen molar-refractivity contribution in [2.24, 2.45) is 0 Å². The van der Waals surface area contributed by atoms with Crippen LogP contribution in [0.15, 0.2) is 21.0 Å². The molecule has 0 amide bonds. The van der Waals surface area contributed by atoms with Crippen molar-refractivity contribution in [3.8, 4) is 0 Å². The Kier molecular flexibility index (Phi) is 3.63. The van der Waals surface area contributed by atoms with E-state index in [2.05, 4.69) is 31.4 Å². The number of benzene rings is 1. The molecule has 0 spiro atoms. The first kappa shape index (κ1) is 12.3. The van der Waals surface area contributed by atoms with E-state index in [0.29, 0.717) is 16.1 Å². The molecular formula is C10H8BrClFN3O. The molecule has 0 aliphatic carbocycles. The Labute approximate surface area is 110 Å². The molecule has 0 atom stereocenters. The van der Waals surface area contributed by atoms with E-state index in [-0.39, 0.29) is 17.7 Å². The molecule has 2 aromatic rings. The van der Waals surface area contributed by atoms with Gasteiger partial charge in [-0.3, -0.25) is 0 Å². The van der Waals surface area contributed by atoms with Crippen LogP contribution in [0.5, 0.6) is 0 Å². The number of hydrogen-bond donors (Lipinski definition) is 1. The second kappa shape index (κ2) is 5.01. The van der Waals surface area contributed by atoms with Crippen molar-refractivity contribution < 1.29 is 8.81 Å². The Hall–Kier alpha value is -1.14. The van der Waals surface area contributed by atoms with Crippen LogP contribution in [0.4, 0.5) is 16.1 Å². The van der Waals surface area contributed by atoms with Gasteiger partial charge in [-0.15, -0.1) is 16.7 Å². The van der Waals surface area contributed by atoms with Crippen molar-refractivity contribution in [3.05, 3.63) is 33.9 Å². The van der Waals surface area contributed by atoms with Gasteiger partial charge in [-0.1, -0.05) is 5.10 Å². The van der Waals surface area contributed by atoms with Crippen molar-refractivity contribution in [1.82, 2.24) is 10.2 Å². The highest BCUT2D eigenvalue weighted by Gasteiger charge is 2.09. The predicted octanol–water partition coefficient (Wildman–Crippen LogP) is 3.76. The van der Waals surface area contributed by atoms with Gasteiger partial charge < -0.3 is 9.73 Å². The van der Waals surface area contributed by atoms with Gasteiger partial charge in [0.05, 0.1) is 4.47 Å². The molecule has 1 aromatic heterocycles. The van der Waals surface area contributed by atoms with Gasteiger partial charge in [0.25, 0.3) is 0 Å². The number of aryl methyl sites for hydroxylation is 1. The monoisotopic (exact) mass is 319 g/mol. The van der Waals surface area contributed by atoms with Gasteiger partial charge in [-0.25, -0.2) is 4.39 Å². The number of nitrogens with one attached hydrogen (secondary N) is 1. The fourth-order valence-corrected chi connectivity index (χ4v) is 1.82. The molecule has 0 saturated heterocycles. The summed E-state index contributed by atoms with van der Waals surface area (Å²) in [6.45, 7) is 1.84. The third kappa shape index (κ3) is 2.76. The minimum Gasteiger partial charge on any atom is -0.407 e. The lowest BCUT2D eigenvalue weighted by molar-refractivity contribution is 0.530. The van der Waals surface area contributed by atoms with Crippen molar-refractivity contribution in [3.63, 3.8) is 0 Å². The number of alkyl halides is 1. The first-order chi connectivity index (χ1) is 8.10. The molecule has 0 unspecified atom stereocenters. The molecule has 4 nitrogen and oxygen atoms in total. The van der Waals surface area contributed by atoms with E-state index in [1.807, 2.05) is 6.92 Å². The van der Waals surface area contributed by atoms with E-state index in [1.165, 1.54) is 6.07 Å². The smallest absolute Gasteiger partial charge is 0.320 e. The fraction of sp³-hybridized carbons (Fsp3) is 0.200. The summed E-state index contributed by atoms with van der Waals surface area (Å²) < 4.78 is 18.9. The van der Waals surface area contributed by atoms with Crippen LogP contribution < -0.4 is 5.32 Å². The largest absolute Gasteiger partial charge is 0.407 e. The van der Waals surface area contributed by atoms with Crippen LogP contribution in [-0.2, 0) is 5.88 Å². The third-order valence-corrected chi connectivity index (χ3v) is 2.93. The molecule has 0 saturated carbocycles. The van der Waals surface area contributed by atoms with E-state index >= 15 is 0 Å². The maximum Gasteiger partial charge on any atom is 0.320 e. The second-order valence-electron chi connectivity index (χ2n) is 3.34. The molecule has 1 heterocycles. The Morgan fingerprint density at radius 2 is 2.24 bits per heavy atom. The molecule has 90 valence electrons. The lowest BCUT2D eigenvalue weighted by atomic mass is 10.2. The highest BCUT2D eigenvalue weighted by Crippen LogP contribution is 2.26. The average Bonchev–Trinajstić information content (AvgIpc) is 2.73. The zero-order chi connectivity index (χ0) is 12.4. The number of rotatable bonds is 3. The zero-order valence-electron chi connectivity index (χ0n) is 8.80. The van der Waals surface area contributed by atoms with Crippen LogP contribution in [0.2, 0.25) is 0 Å². The summed E-state index contributed by atoms with van der Waals surface area (Å²) in [5.41, 5.74) is 1.42. The van der Waals surface area contributed by atoms with Crippen molar-refractivity contribution in [1.29, 1.82) is 0 Å². The molecule has 1 aromatic carbocycles. The molecule has 2 rings (SSSR count). The summed E-state index contributed by atoms with van der Waals surface area (Å²) in [5.74, 6) is 0.0853. The van der Waals surface area contributed by atoms with Crippen LogP contribution in [0, 0.1) is 12.7 Å². The summed E-state index contributed by atoms with van der Waals surface area (Å²) in [6, 6.07) is 3.20. The number of aromatic nitrogens is 2. The van der Waals surface area contributed by atoms with Gasteiger partial charge in [-0.05, 0) is 40.5 Å². The van der Waals surface area contributed by atoms with E-state index < -0.39 is 0 Å². The Morgan fingerprint density at radius 3 is 2.88 bits per heavy atom. The highest BCUT2D eigenvalue weighted by atomic mass is 79.9. The fourth-order valence-electron chi connectivity index (χ4n) is 1.25. The third-order valence-electron chi connectivity index (χ3n) is 2.09. The molecule has 0 radical (unpaired) electrons.